The van der Waals surface area contributed by atoms with Crippen molar-refractivity contribution in [3.8, 4) is 5.69 Å². The van der Waals surface area contributed by atoms with Gasteiger partial charge in [0.2, 0.25) is 0 Å². The summed E-state index contributed by atoms with van der Waals surface area (Å²) in [4.78, 5) is 11.8. The first kappa shape index (κ1) is 11.6. The van der Waals surface area contributed by atoms with Crippen LogP contribution in [-0.2, 0) is 0 Å². The Bertz CT molecular complexity index is 570. The van der Waals surface area contributed by atoms with E-state index in [2.05, 4.69) is 31.9 Å². The van der Waals surface area contributed by atoms with Crippen LogP contribution in [0.15, 0.2) is 50.3 Å². The van der Waals surface area contributed by atoms with Crippen LogP contribution in [0.25, 0.3) is 5.69 Å². The molecule has 0 fully saturated rings. The number of halogens is 2. The van der Waals surface area contributed by atoms with E-state index in [1.165, 1.54) is 0 Å². The fourth-order valence-electron chi connectivity index (χ4n) is 1.49. The van der Waals surface area contributed by atoms with Gasteiger partial charge < -0.3 is 0 Å². The molecular formula is C12H9Br2NO. The minimum atomic E-state index is -0.0433. The van der Waals surface area contributed by atoms with Gasteiger partial charge in [-0.25, -0.2) is 0 Å². The monoisotopic (exact) mass is 341 g/mol. The standard InChI is InChI=1S/C12H9Br2NO/c1-8-5-6-11(16)15(7-8)12-9(13)3-2-4-10(12)14/h2-7H,1H3. The molecule has 0 bridgehead atoms. The molecule has 2 aromatic rings. The van der Waals surface area contributed by atoms with Crippen molar-refractivity contribution in [2.75, 3.05) is 0 Å². The first-order valence-corrected chi connectivity index (χ1v) is 6.32. The Kier molecular flexibility index (Phi) is 3.30. The fourth-order valence-corrected chi connectivity index (χ4v) is 2.87. The quantitative estimate of drug-likeness (QED) is 0.775. The van der Waals surface area contributed by atoms with E-state index in [1.54, 1.807) is 10.6 Å². The molecular weight excluding hydrogens is 334 g/mol. The highest BCUT2D eigenvalue weighted by Crippen LogP contribution is 2.27. The summed E-state index contributed by atoms with van der Waals surface area (Å²) in [7, 11) is 0. The Morgan fingerprint density at radius 2 is 1.69 bits per heavy atom. The summed E-state index contributed by atoms with van der Waals surface area (Å²) in [6, 6.07) is 9.12. The van der Waals surface area contributed by atoms with Crippen LogP contribution < -0.4 is 5.56 Å². The van der Waals surface area contributed by atoms with Crippen molar-refractivity contribution >= 4 is 31.9 Å². The lowest BCUT2D eigenvalue weighted by Gasteiger charge is -2.10. The summed E-state index contributed by atoms with van der Waals surface area (Å²) < 4.78 is 3.40. The molecule has 0 saturated carbocycles. The SMILES string of the molecule is Cc1ccc(=O)n(-c2c(Br)cccc2Br)c1. The van der Waals surface area contributed by atoms with Gasteiger partial charge in [0.1, 0.15) is 0 Å². The molecule has 0 unspecified atom stereocenters. The van der Waals surface area contributed by atoms with Crippen molar-refractivity contribution in [3.05, 3.63) is 61.4 Å². The molecule has 2 rings (SSSR count). The van der Waals surface area contributed by atoms with Crippen LogP contribution in [0.5, 0.6) is 0 Å². The van der Waals surface area contributed by atoms with Crippen LogP contribution in [0.2, 0.25) is 0 Å². The van der Waals surface area contributed by atoms with Crippen LogP contribution in [0.4, 0.5) is 0 Å². The third kappa shape index (κ3) is 2.13. The van der Waals surface area contributed by atoms with Gasteiger partial charge in [-0.3, -0.25) is 9.36 Å². The molecule has 2 nitrogen and oxygen atoms in total. The molecule has 0 spiro atoms. The smallest absolute Gasteiger partial charge is 0.255 e. The number of hydrogen-bond acceptors (Lipinski definition) is 1. The number of aryl methyl sites for hydroxylation is 1. The van der Waals surface area contributed by atoms with Crippen molar-refractivity contribution in [2.45, 2.75) is 6.92 Å². The lowest BCUT2D eigenvalue weighted by molar-refractivity contribution is 0.965. The average molecular weight is 343 g/mol. The summed E-state index contributed by atoms with van der Waals surface area (Å²) in [5, 5.41) is 0. The van der Waals surface area contributed by atoms with Gasteiger partial charge >= 0.3 is 0 Å². The molecule has 0 aliphatic rings. The second-order valence-corrected chi connectivity index (χ2v) is 5.19. The second kappa shape index (κ2) is 4.55. The largest absolute Gasteiger partial charge is 0.282 e. The van der Waals surface area contributed by atoms with Gasteiger partial charge in [-0.1, -0.05) is 12.1 Å². The summed E-state index contributed by atoms with van der Waals surface area (Å²) in [5.41, 5.74) is 1.83. The number of aromatic nitrogens is 1. The zero-order chi connectivity index (χ0) is 11.7. The van der Waals surface area contributed by atoms with E-state index in [4.69, 9.17) is 0 Å². The highest BCUT2D eigenvalue weighted by molar-refractivity contribution is 9.11. The normalized spacial score (nSPS) is 10.4. The Morgan fingerprint density at radius 1 is 1.06 bits per heavy atom. The van der Waals surface area contributed by atoms with E-state index in [-0.39, 0.29) is 5.56 Å². The van der Waals surface area contributed by atoms with Crippen molar-refractivity contribution in [1.82, 2.24) is 4.57 Å². The van der Waals surface area contributed by atoms with E-state index in [9.17, 15) is 4.79 Å². The molecule has 1 aromatic carbocycles. The maximum atomic E-state index is 11.8. The van der Waals surface area contributed by atoms with Crippen molar-refractivity contribution in [1.29, 1.82) is 0 Å². The minimum absolute atomic E-state index is 0.0433. The first-order valence-electron chi connectivity index (χ1n) is 4.73. The fraction of sp³-hybridized carbons (Fsp3) is 0.0833. The van der Waals surface area contributed by atoms with Crippen LogP contribution in [0.3, 0.4) is 0 Å². The Balaban J connectivity index is 2.77. The molecule has 1 heterocycles. The topological polar surface area (TPSA) is 22.0 Å². The third-order valence-corrected chi connectivity index (χ3v) is 3.52. The van der Waals surface area contributed by atoms with Crippen LogP contribution in [0.1, 0.15) is 5.56 Å². The molecule has 0 aliphatic heterocycles. The van der Waals surface area contributed by atoms with Gasteiger partial charge in [0.05, 0.1) is 5.69 Å². The Labute approximate surface area is 110 Å². The highest BCUT2D eigenvalue weighted by atomic mass is 79.9. The predicted molar refractivity (Wildman–Crippen MR) is 72.2 cm³/mol. The summed E-state index contributed by atoms with van der Waals surface area (Å²) in [6.07, 6.45) is 1.83. The van der Waals surface area contributed by atoms with Crippen molar-refractivity contribution in [2.24, 2.45) is 0 Å². The van der Waals surface area contributed by atoms with Gasteiger partial charge in [-0.2, -0.15) is 0 Å². The van der Waals surface area contributed by atoms with Crippen LogP contribution >= 0.6 is 31.9 Å². The lowest BCUT2D eigenvalue weighted by atomic mass is 10.2. The molecule has 0 radical (unpaired) electrons. The maximum Gasteiger partial charge on any atom is 0.255 e. The molecule has 4 heteroatoms. The van der Waals surface area contributed by atoms with Gasteiger partial charge in [-0.05, 0) is 56.5 Å². The molecule has 0 saturated heterocycles. The zero-order valence-corrected chi connectivity index (χ0v) is 11.7. The van der Waals surface area contributed by atoms with Gasteiger partial charge in [0.15, 0.2) is 0 Å². The lowest BCUT2D eigenvalue weighted by Crippen LogP contribution is -2.17. The van der Waals surface area contributed by atoms with Gasteiger partial charge in [0.25, 0.3) is 5.56 Å². The summed E-state index contributed by atoms with van der Waals surface area (Å²) in [6.45, 7) is 1.96. The predicted octanol–water partition coefficient (Wildman–Crippen LogP) is 3.67. The van der Waals surface area contributed by atoms with E-state index >= 15 is 0 Å². The van der Waals surface area contributed by atoms with Crippen LogP contribution in [-0.4, -0.2) is 4.57 Å². The molecule has 0 atom stereocenters. The third-order valence-electron chi connectivity index (χ3n) is 2.24. The molecule has 0 aliphatic carbocycles. The number of rotatable bonds is 1. The Morgan fingerprint density at radius 3 is 2.31 bits per heavy atom. The average Bonchev–Trinajstić information content (AvgIpc) is 2.23. The molecule has 82 valence electrons. The van der Waals surface area contributed by atoms with Crippen LogP contribution in [0, 0.1) is 6.92 Å². The zero-order valence-electron chi connectivity index (χ0n) is 8.58. The van der Waals surface area contributed by atoms with Gasteiger partial charge in [0, 0.05) is 21.2 Å². The van der Waals surface area contributed by atoms with E-state index in [1.807, 2.05) is 37.4 Å². The highest BCUT2D eigenvalue weighted by Gasteiger charge is 2.08. The number of benzene rings is 1. The summed E-state index contributed by atoms with van der Waals surface area (Å²) >= 11 is 6.91. The van der Waals surface area contributed by atoms with Crippen molar-refractivity contribution < 1.29 is 0 Å². The number of hydrogen-bond donors (Lipinski definition) is 0. The number of pyridine rings is 1. The molecule has 16 heavy (non-hydrogen) atoms. The number of para-hydroxylation sites is 1. The van der Waals surface area contributed by atoms with E-state index in [0.717, 1.165) is 20.2 Å². The summed E-state index contributed by atoms with van der Waals surface area (Å²) in [5.74, 6) is 0. The first-order chi connectivity index (χ1) is 7.59. The van der Waals surface area contributed by atoms with Gasteiger partial charge in [-0.15, -0.1) is 0 Å². The Hall–Kier alpha value is -0.870. The molecule has 0 amide bonds. The van der Waals surface area contributed by atoms with E-state index < -0.39 is 0 Å². The maximum absolute atomic E-state index is 11.8. The molecule has 1 aromatic heterocycles. The number of nitrogens with zero attached hydrogens (tertiary/aromatic N) is 1. The minimum Gasteiger partial charge on any atom is -0.282 e. The van der Waals surface area contributed by atoms with E-state index in [0.29, 0.717) is 0 Å². The molecule has 0 N–H and O–H groups in total. The van der Waals surface area contributed by atoms with Crippen molar-refractivity contribution in [3.63, 3.8) is 0 Å². The second-order valence-electron chi connectivity index (χ2n) is 3.48.